The number of hydrogen-bond donors (Lipinski definition) is 0. The van der Waals surface area contributed by atoms with E-state index in [1.165, 1.54) is 36.5 Å². The predicted molar refractivity (Wildman–Crippen MR) is 93.1 cm³/mol. The maximum absolute atomic E-state index is 13.7. The average Bonchev–Trinajstić information content (AvgIpc) is 3.14. The van der Waals surface area contributed by atoms with Crippen LogP contribution in [0.2, 0.25) is 0 Å². The number of oxazole rings is 1. The largest absolute Gasteiger partial charge is 0.461 e. The van der Waals surface area contributed by atoms with Gasteiger partial charge in [0.15, 0.2) is 11.7 Å². The van der Waals surface area contributed by atoms with Gasteiger partial charge in [0.25, 0.3) is 5.69 Å². The Labute approximate surface area is 153 Å². The van der Waals surface area contributed by atoms with E-state index in [-0.39, 0.29) is 25.1 Å². The zero-order valence-corrected chi connectivity index (χ0v) is 14.1. The van der Waals surface area contributed by atoms with Crippen LogP contribution >= 0.6 is 0 Å². The third kappa shape index (κ3) is 4.75. The Morgan fingerprint density at radius 2 is 1.93 bits per heavy atom. The zero-order valence-electron chi connectivity index (χ0n) is 14.1. The van der Waals surface area contributed by atoms with Crippen LogP contribution in [0.3, 0.4) is 0 Å². The van der Waals surface area contributed by atoms with Gasteiger partial charge in [-0.2, -0.15) is 0 Å². The van der Waals surface area contributed by atoms with E-state index in [2.05, 4.69) is 4.98 Å². The van der Waals surface area contributed by atoms with E-state index in [9.17, 15) is 19.3 Å². The molecule has 1 aromatic heterocycles. The smallest absolute Gasteiger partial charge is 0.306 e. The van der Waals surface area contributed by atoms with E-state index in [4.69, 9.17) is 9.15 Å². The van der Waals surface area contributed by atoms with Crippen molar-refractivity contribution in [2.75, 3.05) is 0 Å². The molecule has 0 N–H and O–H groups in total. The summed E-state index contributed by atoms with van der Waals surface area (Å²) in [5, 5.41) is 10.6. The summed E-state index contributed by atoms with van der Waals surface area (Å²) in [6, 6.07) is 11.9. The first kappa shape index (κ1) is 18.2. The van der Waals surface area contributed by atoms with Crippen molar-refractivity contribution in [2.45, 2.75) is 19.4 Å². The number of hydrogen-bond acceptors (Lipinski definition) is 6. The van der Waals surface area contributed by atoms with Crippen molar-refractivity contribution in [3.05, 3.63) is 82.1 Å². The molecule has 0 fully saturated rings. The van der Waals surface area contributed by atoms with Gasteiger partial charge in [0.1, 0.15) is 12.4 Å². The molecule has 3 aromatic rings. The Kier molecular flexibility index (Phi) is 5.55. The topological polar surface area (TPSA) is 95.5 Å². The number of benzene rings is 2. The molecule has 0 radical (unpaired) electrons. The Balaban J connectivity index is 1.49. The van der Waals surface area contributed by atoms with Crippen LogP contribution < -0.4 is 0 Å². The number of ether oxygens (including phenoxy) is 1. The number of nitro groups is 1. The van der Waals surface area contributed by atoms with Gasteiger partial charge in [0, 0.05) is 18.6 Å². The summed E-state index contributed by atoms with van der Waals surface area (Å²) in [6.07, 6.45) is 1.67. The fourth-order valence-electron chi connectivity index (χ4n) is 2.37. The van der Waals surface area contributed by atoms with E-state index in [1.807, 2.05) is 0 Å². The Bertz CT molecular complexity index is 953. The second kappa shape index (κ2) is 8.22. The highest BCUT2D eigenvalue weighted by molar-refractivity contribution is 5.69. The molecule has 2 aromatic carbocycles. The molecule has 0 amide bonds. The monoisotopic (exact) mass is 370 g/mol. The van der Waals surface area contributed by atoms with Crippen LogP contribution in [0, 0.1) is 15.9 Å². The average molecular weight is 370 g/mol. The van der Waals surface area contributed by atoms with Crippen molar-refractivity contribution >= 4 is 11.7 Å². The van der Waals surface area contributed by atoms with Gasteiger partial charge in [-0.3, -0.25) is 14.9 Å². The SMILES string of the molecule is O=C(CCc1ncc(-c2ccccc2F)o1)OCc1ccc([N+](=O)[O-])cc1. The number of aromatic nitrogens is 1. The molecule has 0 saturated carbocycles. The van der Waals surface area contributed by atoms with Crippen LogP contribution in [0.25, 0.3) is 11.3 Å². The number of esters is 1. The first-order valence-corrected chi connectivity index (χ1v) is 8.11. The van der Waals surface area contributed by atoms with E-state index in [0.29, 0.717) is 22.8 Å². The third-order valence-corrected chi connectivity index (χ3v) is 3.78. The zero-order chi connectivity index (χ0) is 19.2. The number of rotatable bonds is 7. The molecule has 138 valence electrons. The van der Waals surface area contributed by atoms with E-state index < -0.39 is 16.7 Å². The predicted octanol–water partition coefficient (Wildman–Crippen LogP) is 4.06. The summed E-state index contributed by atoms with van der Waals surface area (Å²) < 4.78 is 24.3. The third-order valence-electron chi connectivity index (χ3n) is 3.78. The fourth-order valence-corrected chi connectivity index (χ4v) is 2.37. The normalized spacial score (nSPS) is 10.6. The van der Waals surface area contributed by atoms with Crippen molar-refractivity contribution in [3.63, 3.8) is 0 Å². The van der Waals surface area contributed by atoms with E-state index in [0.717, 1.165) is 0 Å². The summed E-state index contributed by atoms with van der Waals surface area (Å²) in [5.74, 6) is -0.274. The molecule has 0 saturated heterocycles. The minimum absolute atomic E-state index is 0.0168. The fraction of sp³-hybridized carbons (Fsp3) is 0.158. The number of halogens is 1. The number of nitro benzene ring substituents is 1. The molecule has 3 rings (SSSR count). The van der Waals surface area contributed by atoms with Crippen LogP contribution in [-0.4, -0.2) is 15.9 Å². The highest BCUT2D eigenvalue weighted by Gasteiger charge is 2.12. The molecule has 0 aliphatic rings. The maximum Gasteiger partial charge on any atom is 0.306 e. The van der Waals surface area contributed by atoms with Gasteiger partial charge in [-0.15, -0.1) is 0 Å². The molecular formula is C19H15FN2O5. The second-order valence-corrected chi connectivity index (χ2v) is 5.68. The lowest BCUT2D eigenvalue weighted by molar-refractivity contribution is -0.384. The first-order valence-electron chi connectivity index (χ1n) is 8.11. The lowest BCUT2D eigenvalue weighted by Gasteiger charge is -2.04. The molecule has 0 aliphatic heterocycles. The number of aryl methyl sites for hydroxylation is 1. The highest BCUT2D eigenvalue weighted by atomic mass is 19.1. The van der Waals surface area contributed by atoms with Crippen molar-refractivity contribution < 1.29 is 23.3 Å². The number of carbonyl (C=O) groups is 1. The summed E-state index contributed by atoms with van der Waals surface area (Å²) >= 11 is 0. The maximum atomic E-state index is 13.7. The number of carbonyl (C=O) groups excluding carboxylic acids is 1. The minimum Gasteiger partial charge on any atom is -0.461 e. The lowest BCUT2D eigenvalue weighted by atomic mass is 10.2. The quantitative estimate of drug-likeness (QED) is 0.353. The molecule has 0 aliphatic carbocycles. The van der Waals surface area contributed by atoms with Crippen LogP contribution in [0.5, 0.6) is 0 Å². The number of nitrogens with zero attached hydrogens (tertiary/aromatic N) is 2. The summed E-state index contributed by atoms with van der Waals surface area (Å²) in [7, 11) is 0. The molecule has 7 nitrogen and oxygen atoms in total. The highest BCUT2D eigenvalue weighted by Crippen LogP contribution is 2.23. The molecule has 0 unspecified atom stereocenters. The van der Waals surface area contributed by atoms with Gasteiger partial charge in [0.2, 0.25) is 0 Å². The molecular weight excluding hydrogens is 355 g/mol. The summed E-state index contributed by atoms with van der Waals surface area (Å²) in [4.78, 5) is 26.0. The molecule has 0 bridgehead atoms. The molecule has 1 heterocycles. The van der Waals surface area contributed by atoms with Gasteiger partial charge < -0.3 is 9.15 Å². The molecule has 8 heteroatoms. The van der Waals surface area contributed by atoms with Gasteiger partial charge in [-0.25, -0.2) is 9.37 Å². The Morgan fingerprint density at radius 3 is 2.63 bits per heavy atom. The van der Waals surface area contributed by atoms with Crippen LogP contribution in [0.1, 0.15) is 17.9 Å². The molecule has 0 atom stereocenters. The first-order chi connectivity index (χ1) is 13.0. The van der Waals surface area contributed by atoms with Crippen molar-refractivity contribution in [1.82, 2.24) is 4.98 Å². The minimum atomic E-state index is -0.498. The number of non-ortho nitro benzene ring substituents is 1. The Morgan fingerprint density at radius 1 is 1.19 bits per heavy atom. The second-order valence-electron chi connectivity index (χ2n) is 5.68. The standard InChI is InChI=1S/C19H15FN2O5/c20-16-4-2-1-3-15(16)17-11-21-18(27-17)9-10-19(23)26-12-13-5-7-14(8-6-13)22(24)25/h1-8,11H,9-10,12H2. The molecule has 0 spiro atoms. The van der Waals surface area contributed by atoms with Gasteiger partial charge in [-0.05, 0) is 29.8 Å². The van der Waals surface area contributed by atoms with E-state index in [1.54, 1.807) is 18.2 Å². The van der Waals surface area contributed by atoms with Crippen LogP contribution in [0.4, 0.5) is 10.1 Å². The Hall–Kier alpha value is -3.55. The van der Waals surface area contributed by atoms with E-state index >= 15 is 0 Å². The van der Waals surface area contributed by atoms with Gasteiger partial charge >= 0.3 is 5.97 Å². The van der Waals surface area contributed by atoms with Gasteiger partial charge in [0.05, 0.1) is 23.1 Å². The summed E-state index contributed by atoms with van der Waals surface area (Å²) in [6.45, 7) is 0.0168. The molecule has 27 heavy (non-hydrogen) atoms. The van der Waals surface area contributed by atoms with Crippen molar-refractivity contribution in [2.24, 2.45) is 0 Å². The van der Waals surface area contributed by atoms with Crippen LogP contribution in [0.15, 0.2) is 59.1 Å². The van der Waals surface area contributed by atoms with Crippen LogP contribution in [-0.2, 0) is 22.6 Å². The lowest BCUT2D eigenvalue weighted by Crippen LogP contribution is -2.06. The summed E-state index contributed by atoms with van der Waals surface area (Å²) in [5.41, 5.74) is 0.920. The van der Waals surface area contributed by atoms with Crippen molar-refractivity contribution in [1.29, 1.82) is 0 Å². The van der Waals surface area contributed by atoms with Gasteiger partial charge in [-0.1, -0.05) is 12.1 Å². The van der Waals surface area contributed by atoms with Crippen molar-refractivity contribution in [3.8, 4) is 11.3 Å².